The van der Waals surface area contributed by atoms with E-state index >= 15 is 0 Å². The maximum absolute atomic E-state index is 5.16. The van der Waals surface area contributed by atoms with E-state index in [1.807, 2.05) is 18.3 Å². The molecule has 37 heavy (non-hydrogen) atoms. The van der Waals surface area contributed by atoms with Crippen molar-refractivity contribution in [3.8, 4) is 22.5 Å². The zero-order valence-corrected chi connectivity index (χ0v) is 20.6. The summed E-state index contributed by atoms with van der Waals surface area (Å²) in [5.41, 5.74) is 5.95. The molecule has 0 unspecified atom stereocenters. The van der Waals surface area contributed by atoms with Crippen LogP contribution in [0.5, 0.6) is 0 Å². The summed E-state index contributed by atoms with van der Waals surface area (Å²) in [4.78, 5) is 14.5. The highest BCUT2D eigenvalue weighted by Gasteiger charge is 2.15. The quantitative estimate of drug-likeness (QED) is 0.266. The van der Waals surface area contributed by atoms with Crippen LogP contribution < -0.4 is 10.4 Å². The lowest BCUT2D eigenvalue weighted by atomic mass is 9.99. The van der Waals surface area contributed by atoms with Crippen molar-refractivity contribution in [2.45, 2.75) is 6.92 Å². The van der Waals surface area contributed by atoms with Gasteiger partial charge in [-0.3, -0.25) is 4.98 Å². The van der Waals surface area contributed by atoms with Gasteiger partial charge < -0.3 is 0 Å². The number of allylic oxidation sites excluding steroid dienone is 1. The average molecular weight is 476 g/mol. The molecule has 3 heteroatoms. The van der Waals surface area contributed by atoms with E-state index in [4.69, 9.17) is 9.97 Å². The number of rotatable bonds is 4. The summed E-state index contributed by atoms with van der Waals surface area (Å²) in [5, 5.41) is 5.52. The van der Waals surface area contributed by atoms with Gasteiger partial charge in [-0.25, -0.2) is 9.97 Å². The Balaban J connectivity index is 1.66. The molecular weight excluding hydrogens is 450 g/mol. The van der Waals surface area contributed by atoms with Gasteiger partial charge in [0.05, 0.1) is 11.2 Å². The van der Waals surface area contributed by atoms with E-state index in [2.05, 4.69) is 116 Å². The minimum atomic E-state index is 0.689. The van der Waals surface area contributed by atoms with Crippen molar-refractivity contribution < 1.29 is 0 Å². The van der Waals surface area contributed by atoms with Gasteiger partial charge in [-0.1, -0.05) is 104 Å². The number of pyridine rings is 1. The molecule has 0 saturated carbocycles. The van der Waals surface area contributed by atoms with Gasteiger partial charge in [0.1, 0.15) is 0 Å². The second kappa shape index (κ2) is 9.63. The van der Waals surface area contributed by atoms with E-state index in [0.29, 0.717) is 5.82 Å². The molecule has 0 aliphatic carbocycles. The highest BCUT2D eigenvalue weighted by molar-refractivity contribution is 6.08. The second-order valence-corrected chi connectivity index (χ2v) is 8.89. The summed E-state index contributed by atoms with van der Waals surface area (Å²) in [6.45, 7) is 6.24. The van der Waals surface area contributed by atoms with Crippen molar-refractivity contribution in [1.82, 2.24) is 15.0 Å². The lowest BCUT2D eigenvalue weighted by Gasteiger charge is -2.13. The first-order chi connectivity index (χ1) is 18.3. The molecule has 0 amide bonds. The molecule has 0 spiro atoms. The van der Waals surface area contributed by atoms with Gasteiger partial charge >= 0.3 is 0 Å². The van der Waals surface area contributed by atoms with Crippen LogP contribution in [0.2, 0.25) is 0 Å². The molecule has 0 aliphatic heterocycles. The molecule has 0 atom stereocenters. The van der Waals surface area contributed by atoms with Crippen LogP contribution >= 0.6 is 0 Å². The van der Waals surface area contributed by atoms with E-state index in [1.165, 1.54) is 0 Å². The van der Waals surface area contributed by atoms with Crippen molar-refractivity contribution >= 4 is 33.3 Å². The largest absolute Gasteiger partial charge is 0.264 e. The van der Waals surface area contributed by atoms with E-state index in [1.54, 1.807) is 6.20 Å². The topological polar surface area (TPSA) is 38.7 Å². The van der Waals surface area contributed by atoms with Crippen molar-refractivity contribution in [2.24, 2.45) is 0 Å². The van der Waals surface area contributed by atoms with Crippen LogP contribution in [-0.4, -0.2) is 15.0 Å². The minimum Gasteiger partial charge on any atom is -0.264 e. The van der Waals surface area contributed by atoms with E-state index < -0.39 is 0 Å². The maximum atomic E-state index is 5.16. The lowest BCUT2D eigenvalue weighted by Crippen LogP contribution is -2.26. The van der Waals surface area contributed by atoms with E-state index in [9.17, 15) is 0 Å². The molecule has 0 fully saturated rings. The molecule has 4 aromatic carbocycles. The zero-order chi connectivity index (χ0) is 25.2. The summed E-state index contributed by atoms with van der Waals surface area (Å²) in [6.07, 6.45) is 7.69. The Bertz CT molecular complexity index is 1890. The first-order valence-corrected chi connectivity index (χ1v) is 12.4. The maximum Gasteiger partial charge on any atom is 0.160 e. The van der Waals surface area contributed by atoms with Crippen LogP contribution in [0, 0.1) is 0 Å². The first-order valence-electron chi connectivity index (χ1n) is 12.4. The molecule has 2 heterocycles. The van der Waals surface area contributed by atoms with Gasteiger partial charge in [0.2, 0.25) is 0 Å². The van der Waals surface area contributed by atoms with Crippen LogP contribution in [0.25, 0.3) is 55.8 Å². The molecular formula is C34H25N3. The van der Waals surface area contributed by atoms with Gasteiger partial charge in [-0.2, -0.15) is 0 Å². The fourth-order valence-electron chi connectivity index (χ4n) is 4.87. The Morgan fingerprint density at radius 1 is 0.703 bits per heavy atom. The number of nitrogens with zero attached hydrogens (tertiary/aromatic N) is 3. The van der Waals surface area contributed by atoms with Gasteiger partial charge in [0.15, 0.2) is 5.82 Å². The number of fused-ring (bicyclic) bond motifs is 3. The zero-order valence-electron chi connectivity index (χ0n) is 20.6. The fraction of sp³-hybridized carbons (Fsp3) is 0.0294. The van der Waals surface area contributed by atoms with Gasteiger partial charge in [0.25, 0.3) is 0 Å². The SMILES string of the molecule is C=C/C(c1nc(-c2ccc(-c3cccnc3)cc2)nc2c1ccc1ccccc12)=c1/cccc/c1=C/C. The molecule has 2 aromatic heterocycles. The summed E-state index contributed by atoms with van der Waals surface area (Å²) in [6, 6.07) is 33.4. The number of hydrogen-bond donors (Lipinski definition) is 0. The van der Waals surface area contributed by atoms with Crippen LogP contribution in [-0.2, 0) is 0 Å². The molecule has 3 nitrogen and oxygen atoms in total. The van der Waals surface area contributed by atoms with E-state index in [0.717, 1.165) is 60.1 Å². The summed E-state index contributed by atoms with van der Waals surface area (Å²) in [5.74, 6) is 0.689. The highest BCUT2D eigenvalue weighted by atomic mass is 14.9. The number of hydrogen-bond acceptors (Lipinski definition) is 3. The summed E-state index contributed by atoms with van der Waals surface area (Å²) >= 11 is 0. The minimum absolute atomic E-state index is 0.689. The van der Waals surface area contributed by atoms with Gasteiger partial charge in [-0.05, 0) is 46.0 Å². The van der Waals surface area contributed by atoms with Crippen LogP contribution in [0.3, 0.4) is 0 Å². The Kier molecular flexibility index (Phi) is 5.88. The molecule has 176 valence electrons. The first kappa shape index (κ1) is 22.6. The number of aromatic nitrogens is 3. The monoisotopic (exact) mass is 475 g/mol. The molecule has 6 rings (SSSR count). The normalized spacial score (nSPS) is 12.6. The lowest BCUT2D eigenvalue weighted by molar-refractivity contribution is 1.20. The van der Waals surface area contributed by atoms with Gasteiger partial charge in [-0.15, -0.1) is 0 Å². The van der Waals surface area contributed by atoms with Crippen molar-refractivity contribution in [1.29, 1.82) is 0 Å². The van der Waals surface area contributed by atoms with Crippen LogP contribution in [0.15, 0.2) is 122 Å². The molecule has 0 saturated heterocycles. The Hall–Kier alpha value is -4.89. The number of benzene rings is 4. The summed E-state index contributed by atoms with van der Waals surface area (Å²) in [7, 11) is 0. The molecule has 6 aromatic rings. The standard InChI is InChI=1S/C34H25N3/c1-3-23-10-5-7-13-29(23)28(4-2)32-31-20-19-25-11-6-8-14-30(25)33(31)37-34(36-32)26-17-15-24(16-18-26)27-12-9-21-35-22-27/h3-22H,2H2,1H3/b23-3-,29-28+. The fourth-order valence-corrected chi connectivity index (χ4v) is 4.87. The molecule has 0 radical (unpaired) electrons. The van der Waals surface area contributed by atoms with E-state index in [-0.39, 0.29) is 0 Å². The molecule has 0 aliphatic rings. The van der Waals surface area contributed by atoms with Crippen molar-refractivity contribution in [3.63, 3.8) is 0 Å². The van der Waals surface area contributed by atoms with Gasteiger partial charge in [0, 0.05) is 34.3 Å². The third-order valence-electron chi connectivity index (χ3n) is 6.75. The molecule has 0 N–H and O–H groups in total. The third kappa shape index (κ3) is 4.11. The van der Waals surface area contributed by atoms with Crippen molar-refractivity contribution in [2.75, 3.05) is 0 Å². The Labute approximate surface area is 215 Å². The Morgan fingerprint density at radius 3 is 2.27 bits per heavy atom. The third-order valence-corrected chi connectivity index (χ3v) is 6.75. The van der Waals surface area contributed by atoms with Crippen molar-refractivity contribution in [3.05, 3.63) is 138 Å². The highest BCUT2D eigenvalue weighted by Crippen LogP contribution is 2.31. The predicted molar refractivity (Wildman–Crippen MR) is 154 cm³/mol. The predicted octanol–water partition coefficient (Wildman–Crippen LogP) is 6.70. The average Bonchev–Trinajstić information content (AvgIpc) is 2.98. The van der Waals surface area contributed by atoms with Crippen LogP contribution in [0.1, 0.15) is 12.6 Å². The van der Waals surface area contributed by atoms with Crippen LogP contribution in [0.4, 0.5) is 0 Å². The Morgan fingerprint density at radius 2 is 1.49 bits per heavy atom. The smallest absolute Gasteiger partial charge is 0.160 e. The summed E-state index contributed by atoms with van der Waals surface area (Å²) < 4.78 is 0. The molecule has 0 bridgehead atoms. The second-order valence-electron chi connectivity index (χ2n) is 8.89.